The third-order valence-electron chi connectivity index (χ3n) is 4.49. The Morgan fingerprint density at radius 1 is 1.21 bits per heavy atom. The van der Waals surface area contributed by atoms with E-state index in [-0.39, 0.29) is 17.7 Å². The smallest absolute Gasteiger partial charge is 0.225 e. The molecule has 28 heavy (non-hydrogen) atoms. The van der Waals surface area contributed by atoms with Crippen molar-refractivity contribution in [1.82, 2.24) is 0 Å². The van der Waals surface area contributed by atoms with E-state index in [9.17, 15) is 9.59 Å². The number of benzene rings is 2. The van der Waals surface area contributed by atoms with Gasteiger partial charge in [-0.1, -0.05) is 24.8 Å². The SMILES string of the molecule is C=C(C)COc1ccccc1[C@H]1CC(=O)Nc2cc(NC(C)=O)c(OC)cc21. The standard InChI is InChI=1S/C22H24N2O4/c1-13(2)12-28-20-8-6-5-7-15(20)16-10-22(26)24-18-11-19(23-14(3)25)21(27-4)9-17(16)18/h5-9,11,16H,1,10,12H2,2-4H3,(H,23,25)(H,24,26)/t16-/m1/s1. The fourth-order valence-corrected chi connectivity index (χ4v) is 3.32. The molecule has 2 N–H and O–H groups in total. The van der Waals surface area contributed by atoms with Crippen LogP contribution in [0.5, 0.6) is 11.5 Å². The average Bonchev–Trinajstić information content (AvgIpc) is 2.65. The molecule has 146 valence electrons. The van der Waals surface area contributed by atoms with Gasteiger partial charge in [0.25, 0.3) is 0 Å². The zero-order valence-corrected chi connectivity index (χ0v) is 16.3. The first-order chi connectivity index (χ1) is 13.4. The van der Waals surface area contributed by atoms with Crippen LogP contribution in [0.4, 0.5) is 11.4 Å². The largest absolute Gasteiger partial charge is 0.495 e. The first-order valence-electron chi connectivity index (χ1n) is 9.04. The second-order valence-electron chi connectivity index (χ2n) is 6.91. The summed E-state index contributed by atoms with van der Waals surface area (Å²) in [6.07, 6.45) is 0.295. The molecule has 2 amide bonds. The Morgan fingerprint density at radius 2 is 1.96 bits per heavy atom. The maximum Gasteiger partial charge on any atom is 0.225 e. The van der Waals surface area contributed by atoms with Crippen molar-refractivity contribution in [3.63, 3.8) is 0 Å². The second kappa shape index (κ2) is 8.17. The number of rotatable bonds is 6. The van der Waals surface area contributed by atoms with Crippen molar-refractivity contribution in [3.8, 4) is 11.5 Å². The van der Waals surface area contributed by atoms with E-state index >= 15 is 0 Å². The lowest BCUT2D eigenvalue weighted by Crippen LogP contribution is -2.24. The Labute approximate surface area is 164 Å². The van der Waals surface area contributed by atoms with E-state index in [2.05, 4.69) is 17.2 Å². The molecule has 0 saturated heterocycles. The average molecular weight is 380 g/mol. The highest BCUT2D eigenvalue weighted by Crippen LogP contribution is 2.44. The maximum absolute atomic E-state index is 12.4. The van der Waals surface area contributed by atoms with Crippen molar-refractivity contribution in [2.24, 2.45) is 0 Å². The Hall–Kier alpha value is -3.28. The Kier molecular flexibility index (Phi) is 5.68. The fraction of sp³-hybridized carbons (Fsp3) is 0.273. The zero-order chi connectivity index (χ0) is 20.3. The first-order valence-corrected chi connectivity index (χ1v) is 9.04. The lowest BCUT2D eigenvalue weighted by molar-refractivity contribution is -0.116. The van der Waals surface area contributed by atoms with Crippen molar-refractivity contribution in [3.05, 3.63) is 59.7 Å². The van der Waals surface area contributed by atoms with Gasteiger partial charge in [-0.25, -0.2) is 0 Å². The molecule has 1 atom stereocenters. The summed E-state index contributed by atoms with van der Waals surface area (Å²) in [6, 6.07) is 11.3. The normalized spacial score (nSPS) is 15.2. The molecule has 0 radical (unpaired) electrons. The third-order valence-corrected chi connectivity index (χ3v) is 4.49. The summed E-state index contributed by atoms with van der Waals surface area (Å²) in [6.45, 7) is 7.62. The van der Waals surface area contributed by atoms with Gasteiger partial charge in [0.2, 0.25) is 11.8 Å². The summed E-state index contributed by atoms with van der Waals surface area (Å²) in [5.74, 6) is 0.767. The van der Waals surface area contributed by atoms with Crippen LogP contribution >= 0.6 is 0 Å². The van der Waals surface area contributed by atoms with Crippen molar-refractivity contribution in [1.29, 1.82) is 0 Å². The number of carbonyl (C=O) groups excluding carboxylic acids is 2. The molecule has 0 saturated carbocycles. The number of ether oxygens (including phenoxy) is 2. The minimum atomic E-state index is -0.213. The van der Waals surface area contributed by atoms with Gasteiger partial charge in [0.05, 0.1) is 12.8 Å². The van der Waals surface area contributed by atoms with Gasteiger partial charge >= 0.3 is 0 Å². The van der Waals surface area contributed by atoms with E-state index in [0.717, 1.165) is 22.4 Å². The predicted octanol–water partition coefficient (Wildman–Crippen LogP) is 4.08. The van der Waals surface area contributed by atoms with Crippen molar-refractivity contribution >= 4 is 23.2 Å². The van der Waals surface area contributed by atoms with Gasteiger partial charge in [-0.15, -0.1) is 0 Å². The zero-order valence-electron chi connectivity index (χ0n) is 16.3. The van der Waals surface area contributed by atoms with E-state index < -0.39 is 0 Å². The Balaban J connectivity index is 2.07. The summed E-state index contributed by atoms with van der Waals surface area (Å²) < 4.78 is 11.4. The lowest BCUT2D eigenvalue weighted by atomic mass is 9.84. The molecule has 0 spiro atoms. The number of anilines is 2. The Bertz CT molecular complexity index is 936. The van der Waals surface area contributed by atoms with Gasteiger partial charge in [-0.2, -0.15) is 0 Å². The number of hydrogen-bond acceptors (Lipinski definition) is 4. The van der Waals surface area contributed by atoms with E-state index in [1.165, 1.54) is 6.92 Å². The van der Waals surface area contributed by atoms with Gasteiger partial charge in [-0.05, 0) is 36.3 Å². The van der Waals surface area contributed by atoms with Crippen LogP contribution in [0.25, 0.3) is 0 Å². The van der Waals surface area contributed by atoms with Crippen LogP contribution in [0, 0.1) is 0 Å². The maximum atomic E-state index is 12.4. The molecule has 0 aromatic heterocycles. The van der Waals surface area contributed by atoms with E-state index in [1.807, 2.05) is 37.3 Å². The summed E-state index contributed by atoms with van der Waals surface area (Å²) in [5.41, 5.74) is 3.92. The predicted molar refractivity (Wildman–Crippen MR) is 109 cm³/mol. The van der Waals surface area contributed by atoms with E-state index in [1.54, 1.807) is 13.2 Å². The van der Waals surface area contributed by atoms with Crippen LogP contribution < -0.4 is 20.1 Å². The first kappa shape index (κ1) is 19.5. The molecule has 6 heteroatoms. The van der Waals surface area contributed by atoms with Gasteiger partial charge in [0.15, 0.2) is 0 Å². The number of para-hydroxylation sites is 1. The van der Waals surface area contributed by atoms with Gasteiger partial charge < -0.3 is 20.1 Å². The molecule has 0 aliphatic carbocycles. The van der Waals surface area contributed by atoms with Gasteiger partial charge in [0, 0.05) is 30.5 Å². The molecule has 2 aromatic carbocycles. The number of hydrogen-bond donors (Lipinski definition) is 2. The van der Waals surface area contributed by atoms with Crippen LogP contribution in [0.1, 0.15) is 37.3 Å². The molecular formula is C22H24N2O4. The highest BCUT2D eigenvalue weighted by atomic mass is 16.5. The van der Waals surface area contributed by atoms with Crippen molar-refractivity contribution in [2.45, 2.75) is 26.2 Å². The molecule has 0 fully saturated rings. The van der Waals surface area contributed by atoms with Gasteiger partial charge in [0.1, 0.15) is 18.1 Å². The van der Waals surface area contributed by atoms with E-state index in [0.29, 0.717) is 30.2 Å². The molecule has 1 heterocycles. The fourth-order valence-electron chi connectivity index (χ4n) is 3.32. The number of methoxy groups -OCH3 is 1. The molecule has 2 aromatic rings. The molecule has 1 aliphatic rings. The molecule has 6 nitrogen and oxygen atoms in total. The highest BCUT2D eigenvalue weighted by Gasteiger charge is 2.30. The van der Waals surface area contributed by atoms with Crippen LogP contribution in [-0.4, -0.2) is 25.5 Å². The molecule has 3 rings (SSSR count). The van der Waals surface area contributed by atoms with Crippen molar-refractivity contribution in [2.75, 3.05) is 24.4 Å². The minimum Gasteiger partial charge on any atom is -0.495 e. The van der Waals surface area contributed by atoms with Crippen molar-refractivity contribution < 1.29 is 19.1 Å². The quantitative estimate of drug-likeness (QED) is 0.740. The number of carbonyl (C=O) groups is 2. The monoisotopic (exact) mass is 380 g/mol. The summed E-state index contributed by atoms with van der Waals surface area (Å²) in [5, 5.41) is 5.63. The molecular weight excluding hydrogens is 356 g/mol. The summed E-state index contributed by atoms with van der Waals surface area (Å²) in [4.78, 5) is 23.9. The van der Waals surface area contributed by atoms with Crippen LogP contribution in [-0.2, 0) is 9.59 Å². The Morgan fingerprint density at radius 3 is 2.64 bits per heavy atom. The molecule has 1 aliphatic heterocycles. The number of fused-ring (bicyclic) bond motifs is 1. The second-order valence-corrected chi connectivity index (χ2v) is 6.91. The van der Waals surface area contributed by atoms with Crippen LogP contribution in [0.15, 0.2) is 48.6 Å². The molecule has 0 bridgehead atoms. The summed E-state index contributed by atoms with van der Waals surface area (Å²) in [7, 11) is 1.55. The van der Waals surface area contributed by atoms with Crippen LogP contribution in [0.3, 0.4) is 0 Å². The topological polar surface area (TPSA) is 76.7 Å². The van der Waals surface area contributed by atoms with Gasteiger partial charge in [-0.3, -0.25) is 9.59 Å². The van der Waals surface area contributed by atoms with E-state index in [4.69, 9.17) is 9.47 Å². The van der Waals surface area contributed by atoms with Crippen LogP contribution in [0.2, 0.25) is 0 Å². The number of amides is 2. The minimum absolute atomic E-state index is 0.0915. The highest BCUT2D eigenvalue weighted by molar-refractivity contribution is 5.98. The summed E-state index contributed by atoms with van der Waals surface area (Å²) >= 11 is 0. The lowest BCUT2D eigenvalue weighted by Gasteiger charge is -2.28. The third kappa shape index (κ3) is 4.17. The molecule has 0 unspecified atom stereocenters. The number of nitrogens with one attached hydrogen (secondary N) is 2.